The SMILES string of the molecule is CC1(C=O)OCCC1=O. The molecule has 9 heavy (non-hydrogen) atoms. The van der Waals surface area contributed by atoms with E-state index in [0.717, 1.165) is 0 Å². The van der Waals surface area contributed by atoms with E-state index in [1.807, 2.05) is 0 Å². The summed E-state index contributed by atoms with van der Waals surface area (Å²) in [7, 11) is 0. The molecule has 3 nitrogen and oxygen atoms in total. The summed E-state index contributed by atoms with van der Waals surface area (Å²) >= 11 is 0. The van der Waals surface area contributed by atoms with Crippen LogP contribution < -0.4 is 0 Å². The van der Waals surface area contributed by atoms with Crippen molar-refractivity contribution in [3.05, 3.63) is 0 Å². The number of hydrogen-bond donors (Lipinski definition) is 0. The average molecular weight is 128 g/mol. The van der Waals surface area contributed by atoms with Gasteiger partial charge in [0, 0.05) is 6.42 Å². The summed E-state index contributed by atoms with van der Waals surface area (Å²) < 4.78 is 4.88. The maximum Gasteiger partial charge on any atom is 0.178 e. The Hall–Kier alpha value is -0.700. The van der Waals surface area contributed by atoms with Crippen molar-refractivity contribution in [3.63, 3.8) is 0 Å². The molecule has 1 aliphatic heterocycles. The molecule has 0 aromatic heterocycles. The van der Waals surface area contributed by atoms with Crippen LogP contribution in [0.4, 0.5) is 0 Å². The lowest BCUT2D eigenvalue weighted by molar-refractivity contribution is -0.138. The molecule has 0 aromatic rings. The van der Waals surface area contributed by atoms with Crippen LogP contribution in [-0.2, 0) is 14.3 Å². The maximum atomic E-state index is 10.8. The number of rotatable bonds is 1. The summed E-state index contributed by atoms with van der Waals surface area (Å²) in [4.78, 5) is 21.0. The number of carbonyl (C=O) groups excluding carboxylic acids is 2. The fourth-order valence-corrected chi connectivity index (χ4v) is 0.784. The van der Waals surface area contributed by atoms with Crippen LogP contribution >= 0.6 is 0 Å². The smallest absolute Gasteiger partial charge is 0.178 e. The zero-order valence-corrected chi connectivity index (χ0v) is 5.22. The van der Waals surface area contributed by atoms with Gasteiger partial charge in [-0.1, -0.05) is 0 Å². The summed E-state index contributed by atoms with van der Waals surface area (Å²) in [5.41, 5.74) is -1.12. The molecule has 1 aliphatic rings. The van der Waals surface area contributed by atoms with Crippen LogP contribution in [-0.4, -0.2) is 24.3 Å². The zero-order valence-electron chi connectivity index (χ0n) is 5.22. The second-order valence-electron chi connectivity index (χ2n) is 2.25. The van der Waals surface area contributed by atoms with Gasteiger partial charge in [0.1, 0.15) is 0 Å². The quantitative estimate of drug-likeness (QED) is 0.367. The molecule has 0 radical (unpaired) electrons. The van der Waals surface area contributed by atoms with Crippen LogP contribution in [0.1, 0.15) is 13.3 Å². The first kappa shape index (κ1) is 6.42. The van der Waals surface area contributed by atoms with Crippen molar-refractivity contribution < 1.29 is 14.3 Å². The molecule has 1 saturated heterocycles. The maximum absolute atomic E-state index is 10.8. The highest BCUT2D eigenvalue weighted by molar-refractivity contribution is 6.02. The Morgan fingerprint density at radius 1 is 1.78 bits per heavy atom. The fraction of sp³-hybridized carbons (Fsp3) is 0.667. The minimum absolute atomic E-state index is 0.113. The minimum atomic E-state index is -1.12. The fourth-order valence-electron chi connectivity index (χ4n) is 0.784. The first-order chi connectivity index (χ1) is 4.19. The molecule has 0 aliphatic carbocycles. The van der Waals surface area contributed by atoms with Gasteiger partial charge in [0.05, 0.1) is 6.61 Å². The van der Waals surface area contributed by atoms with Gasteiger partial charge < -0.3 is 4.74 Å². The van der Waals surface area contributed by atoms with Gasteiger partial charge in [-0.3, -0.25) is 9.59 Å². The van der Waals surface area contributed by atoms with Gasteiger partial charge in [-0.05, 0) is 6.92 Å². The van der Waals surface area contributed by atoms with Crippen molar-refractivity contribution in [2.24, 2.45) is 0 Å². The molecule has 1 atom stereocenters. The molecule has 1 heterocycles. The third-order valence-corrected chi connectivity index (χ3v) is 1.51. The van der Waals surface area contributed by atoms with Crippen LogP contribution in [0, 0.1) is 0 Å². The van der Waals surface area contributed by atoms with E-state index in [2.05, 4.69) is 0 Å². The topological polar surface area (TPSA) is 43.4 Å². The highest BCUT2D eigenvalue weighted by Crippen LogP contribution is 2.17. The Bertz CT molecular complexity index is 152. The van der Waals surface area contributed by atoms with Gasteiger partial charge in [-0.25, -0.2) is 0 Å². The van der Waals surface area contributed by atoms with Crippen molar-refractivity contribution in [2.75, 3.05) is 6.61 Å². The predicted octanol–water partition coefficient (Wildman–Crippen LogP) is -0.0666. The van der Waals surface area contributed by atoms with Crippen LogP contribution in [0.25, 0.3) is 0 Å². The second kappa shape index (κ2) is 1.92. The summed E-state index contributed by atoms with van der Waals surface area (Å²) in [5.74, 6) is -0.113. The summed E-state index contributed by atoms with van der Waals surface area (Å²) in [5, 5.41) is 0. The predicted molar refractivity (Wildman–Crippen MR) is 30.0 cm³/mol. The zero-order chi connectivity index (χ0) is 6.91. The van der Waals surface area contributed by atoms with E-state index in [1.54, 1.807) is 0 Å². The summed E-state index contributed by atoms with van der Waals surface area (Å²) in [6, 6.07) is 0. The summed E-state index contributed by atoms with van der Waals surface area (Å²) in [6.45, 7) is 1.88. The molecule has 0 N–H and O–H groups in total. The van der Waals surface area contributed by atoms with Gasteiger partial charge >= 0.3 is 0 Å². The average Bonchev–Trinajstić information content (AvgIpc) is 2.15. The van der Waals surface area contributed by atoms with Crippen LogP contribution in [0.3, 0.4) is 0 Å². The molecule has 0 amide bonds. The second-order valence-corrected chi connectivity index (χ2v) is 2.25. The Labute approximate surface area is 53.0 Å². The number of carbonyl (C=O) groups is 2. The molecule has 50 valence electrons. The normalized spacial score (nSPS) is 35.0. The lowest BCUT2D eigenvalue weighted by Gasteiger charge is -2.10. The third-order valence-electron chi connectivity index (χ3n) is 1.51. The van der Waals surface area contributed by atoms with E-state index in [1.165, 1.54) is 6.92 Å². The van der Waals surface area contributed by atoms with Crippen molar-refractivity contribution in [2.45, 2.75) is 18.9 Å². The number of ether oxygens (including phenoxy) is 1. The number of Topliss-reactive ketones (excluding diaryl/α,β-unsaturated/α-hetero) is 1. The van der Waals surface area contributed by atoms with Crippen LogP contribution in [0.2, 0.25) is 0 Å². The Morgan fingerprint density at radius 3 is 2.67 bits per heavy atom. The molecule has 0 spiro atoms. The minimum Gasteiger partial charge on any atom is -0.359 e. The first-order valence-electron chi connectivity index (χ1n) is 2.82. The lowest BCUT2D eigenvalue weighted by atomic mass is 10.0. The molecule has 1 fully saturated rings. The molecule has 0 aromatic carbocycles. The highest BCUT2D eigenvalue weighted by atomic mass is 16.5. The van der Waals surface area contributed by atoms with E-state index in [0.29, 0.717) is 19.3 Å². The van der Waals surface area contributed by atoms with Gasteiger partial charge in [0.2, 0.25) is 0 Å². The molecule has 1 rings (SSSR count). The number of aldehydes is 1. The highest BCUT2D eigenvalue weighted by Gasteiger charge is 2.38. The number of ketones is 1. The van der Waals surface area contributed by atoms with Crippen LogP contribution in [0.15, 0.2) is 0 Å². The summed E-state index contributed by atoms with van der Waals surface area (Å²) in [6.07, 6.45) is 0.928. The van der Waals surface area contributed by atoms with Gasteiger partial charge in [0.15, 0.2) is 17.7 Å². The van der Waals surface area contributed by atoms with Crippen molar-refractivity contribution in [1.29, 1.82) is 0 Å². The van der Waals surface area contributed by atoms with E-state index in [4.69, 9.17) is 4.74 Å². The Balaban J connectivity index is 2.78. The van der Waals surface area contributed by atoms with Crippen molar-refractivity contribution in [3.8, 4) is 0 Å². The Morgan fingerprint density at radius 2 is 2.44 bits per heavy atom. The van der Waals surface area contributed by atoms with E-state index in [9.17, 15) is 9.59 Å². The monoisotopic (exact) mass is 128 g/mol. The largest absolute Gasteiger partial charge is 0.359 e. The standard InChI is InChI=1S/C6H8O3/c1-6(4-7)5(8)2-3-9-6/h4H,2-3H2,1H3. The third kappa shape index (κ3) is 0.876. The lowest BCUT2D eigenvalue weighted by Crippen LogP contribution is -2.33. The van der Waals surface area contributed by atoms with E-state index >= 15 is 0 Å². The molecular formula is C6H8O3. The molecule has 0 bridgehead atoms. The van der Waals surface area contributed by atoms with Gasteiger partial charge in [-0.2, -0.15) is 0 Å². The van der Waals surface area contributed by atoms with Crippen molar-refractivity contribution in [1.82, 2.24) is 0 Å². The first-order valence-corrected chi connectivity index (χ1v) is 2.82. The molecule has 1 unspecified atom stereocenters. The number of hydrogen-bond acceptors (Lipinski definition) is 3. The van der Waals surface area contributed by atoms with E-state index in [-0.39, 0.29) is 5.78 Å². The molecule has 3 heteroatoms. The molecule has 0 saturated carbocycles. The molecular weight excluding hydrogens is 120 g/mol. The van der Waals surface area contributed by atoms with Gasteiger partial charge in [0.25, 0.3) is 0 Å². The van der Waals surface area contributed by atoms with Crippen molar-refractivity contribution >= 4 is 12.1 Å². The van der Waals surface area contributed by atoms with Crippen LogP contribution in [0.5, 0.6) is 0 Å². The Kier molecular flexibility index (Phi) is 1.37. The van der Waals surface area contributed by atoms with Gasteiger partial charge in [-0.15, -0.1) is 0 Å². The van der Waals surface area contributed by atoms with E-state index < -0.39 is 5.60 Å².